The molecule has 1 aromatic carbocycles. The Balaban J connectivity index is 2.55. The van der Waals surface area contributed by atoms with Gasteiger partial charge in [-0.25, -0.2) is 0 Å². The molecular formula is C14H20O2S. The van der Waals surface area contributed by atoms with Crippen LogP contribution in [0.25, 0.3) is 0 Å². The lowest BCUT2D eigenvalue weighted by Gasteiger charge is -2.09. The van der Waals surface area contributed by atoms with Crippen LogP contribution in [-0.2, 0) is 17.6 Å². The number of hydrogen-bond acceptors (Lipinski definition) is 3. The number of aromatic hydroxyl groups is 1. The van der Waals surface area contributed by atoms with Crippen LogP contribution in [0.5, 0.6) is 5.75 Å². The normalized spacial score (nSPS) is 10.5. The highest BCUT2D eigenvalue weighted by atomic mass is 32.2. The van der Waals surface area contributed by atoms with E-state index in [0.717, 1.165) is 31.4 Å². The molecule has 0 atom stereocenters. The number of thioether (sulfide) groups is 1. The molecule has 0 unspecified atom stereocenters. The van der Waals surface area contributed by atoms with E-state index in [4.69, 9.17) is 0 Å². The second-order valence-electron chi connectivity index (χ2n) is 4.15. The average Bonchev–Trinajstić information content (AvgIpc) is 2.28. The monoisotopic (exact) mass is 252 g/mol. The largest absolute Gasteiger partial charge is 0.508 e. The first-order valence-electron chi connectivity index (χ1n) is 6.07. The smallest absolute Gasteiger partial charge is 0.185 e. The van der Waals surface area contributed by atoms with E-state index in [9.17, 15) is 9.90 Å². The van der Waals surface area contributed by atoms with Crippen LogP contribution in [0.2, 0.25) is 0 Å². The van der Waals surface area contributed by atoms with Gasteiger partial charge in [-0.2, -0.15) is 0 Å². The number of carbonyl (C=O) groups is 1. The topological polar surface area (TPSA) is 37.3 Å². The Kier molecular flexibility index (Phi) is 6.12. The second kappa shape index (κ2) is 7.38. The van der Waals surface area contributed by atoms with Gasteiger partial charge in [-0.15, -0.1) is 0 Å². The summed E-state index contributed by atoms with van der Waals surface area (Å²) >= 11 is 1.37. The molecule has 3 heteroatoms. The minimum atomic E-state index is 0.176. The molecule has 1 aromatic rings. The lowest BCUT2D eigenvalue weighted by Crippen LogP contribution is -1.96. The highest BCUT2D eigenvalue weighted by molar-refractivity contribution is 8.13. The molecule has 0 saturated carbocycles. The van der Waals surface area contributed by atoms with Crippen molar-refractivity contribution in [3.8, 4) is 5.75 Å². The predicted octanol–water partition coefficient (Wildman–Crippen LogP) is 3.56. The molecule has 0 bridgehead atoms. The predicted molar refractivity (Wildman–Crippen MR) is 73.6 cm³/mol. The summed E-state index contributed by atoms with van der Waals surface area (Å²) in [7, 11) is 0. The van der Waals surface area contributed by atoms with Crippen molar-refractivity contribution in [1.82, 2.24) is 0 Å². The van der Waals surface area contributed by atoms with E-state index in [2.05, 4.69) is 6.92 Å². The zero-order chi connectivity index (χ0) is 12.7. The number of carbonyl (C=O) groups excluding carboxylic acids is 1. The summed E-state index contributed by atoms with van der Waals surface area (Å²) in [5.74, 6) is 1.19. The van der Waals surface area contributed by atoms with Crippen molar-refractivity contribution >= 4 is 16.9 Å². The van der Waals surface area contributed by atoms with Crippen molar-refractivity contribution in [2.45, 2.75) is 39.5 Å². The summed E-state index contributed by atoms with van der Waals surface area (Å²) in [5, 5.41) is 9.67. The van der Waals surface area contributed by atoms with Gasteiger partial charge in [0.25, 0.3) is 0 Å². The molecule has 0 aliphatic carbocycles. The molecule has 0 fully saturated rings. The average molecular weight is 252 g/mol. The Morgan fingerprint density at radius 2 is 2.06 bits per heavy atom. The van der Waals surface area contributed by atoms with Crippen molar-refractivity contribution in [3.63, 3.8) is 0 Å². The fourth-order valence-corrected chi connectivity index (χ4v) is 2.41. The van der Waals surface area contributed by atoms with Gasteiger partial charge in [0.1, 0.15) is 5.75 Å². The summed E-state index contributed by atoms with van der Waals surface area (Å²) in [6.07, 6.45) is 4.07. The van der Waals surface area contributed by atoms with Gasteiger partial charge in [0.15, 0.2) is 5.12 Å². The van der Waals surface area contributed by atoms with Gasteiger partial charge in [0, 0.05) is 12.7 Å². The van der Waals surface area contributed by atoms with Crippen LogP contribution in [0.1, 0.15) is 37.8 Å². The third-order valence-corrected chi connectivity index (χ3v) is 3.50. The lowest BCUT2D eigenvalue weighted by molar-refractivity contribution is -0.109. The molecule has 94 valence electrons. The second-order valence-corrected chi connectivity index (χ2v) is 5.42. The Bertz CT molecular complexity index is 374. The van der Waals surface area contributed by atoms with Gasteiger partial charge in [-0.3, -0.25) is 4.79 Å². The van der Waals surface area contributed by atoms with Crippen LogP contribution in [0, 0.1) is 0 Å². The van der Waals surface area contributed by atoms with Crippen LogP contribution in [0.3, 0.4) is 0 Å². The van der Waals surface area contributed by atoms with Crippen molar-refractivity contribution in [2.24, 2.45) is 0 Å². The Morgan fingerprint density at radius 3 is 2.71 bits per heavy atom. The maximum atomic E-state index is 10.8. The van der Waals surface area contributed by atoms with E-state index < -0.39 is 0 Å². The number of rotatable bonds is 6. The fourth-order valence-electron chi connectivity index (χ4n) is 1.84. The van der Waals surface area contributed by atoms with Crippen LogP contribution in [0.4, 0.5) is 0 Å². The van der Waals surface area contributed by atoms with Crippen LogP contribution in [-0.4, -0.2) is 16.0 Å². The van der Waals surface area contributed by atoms with Crippen molar-refractivity contribution in [3.05, 3.63) is 29.3 Å². The molecule has 0 spiro atoms. The summed E-state index contributed by atoms with van der Waals surface area (Å²) < 4.78 is 0. The first kappa shape index (κ1) is 14.1. The van der Waals surface area contributed by atoms with Crippen LogP contribution >= 0.6 is 11.8 Å². The number of hydrogen-bond donors (Lipinski definition) is 1. The van der Waals surface area contributed by atoms with Crippen molar-refractivity contribution in [1.29, 1.82) is 0 Å². The van der Waals surface area contributed by atoms with E-state index in [0.29, 0.717) is 5.75 Å². The van der Waals surface area contributed by atoms with Crippen molar-refractivity contribution < 1.29 is 9.90 Å². The molecule has 17 heavy (non-hydrogen) atoms. The van der Waals surface area contributed by atoms with Gasteiger partial charge in [0.05, 0.1) is 0 Å². The standard InChI is InChI=1S/C14H20O2S/c1-3-5-12-7-8-14(16)10-13(12)6-4-9-17-11(2)15/h7-8,10,16H,3-6,9H2,1-2H3. The molecule has 1 rings (SSSR count). The van der Waals surface area contributed by atoms with E-state index in [1.54, 1.807) is 13.0 Å². The van der Waals surface area contributed by atoms with Crippen molar-refractivity contribution in [2.75, 3.05) is 5.75 Å². The molecule has 0 saturated heterocycles. The quantitative estimate of drug-likeness (QED) is 0.787. The maximum absolute atomic E-state index is 10.8. The van der Waals surface area contributed by atoms with Crippen LogP contribution in [0.15, 0.2) is 18.2 Å². The zero-order valence-corrected chi connectivity index (χ0v) is 11.3. The number of phenolic OH excluding ortho intramolecular Hbond substituents is 1. The fraction of sp³-hybridized carbons (Fsp3) is 0.500. The maximum Gasteiger partial charge on any atom is 0.185 e. The molecular weight excluding hydrogens is 232 g/mol. The third-order valence-electron chi connectivity index (χ3n) is 2.60. The van der Waals surface area contributed by atoms with E-state index in [-0.39, 0.29) is 5.12 Å². The first-order chi connectivity index (χ1) is 8.13. The number of aryl methyl sites for hydroxylation is 2. The molecule has 0 heterocycles. The summed E-state index contributed by atoms with van der Waals surface area (Å²) in [4.78, 5) is 10.8. The Hall–Kier alpha value is -0.960. The highest BCUT2D eigenvalue weighted by Crippen LogP contribution is 2.20. The van der Waals surface area contributed by atoms with E-state index in [1.165, 1.54) is 22.9 Å². The van der Waals surface area contributed by atoms with E-state index >= 15 is 0 Å². The molecule has 0 aliphatic rings. The third kappa shape index (κ3) is 5.26. The minimum Gasteiger partial charge on any atom is -0.508 e. The SMILES string of the molecule is CCCc1ccc(O)cc1CCCSC(C)=O. The molecule has 0 aliphatic heterocycles. The van der Waals surface area contributed by atoms with Gasteiger partial charge in [0.2, 0.25) is 0 Å². The zero-order valence-electron chi connectivity index (χ0n) is 10.5. The number of benzene rings is 1. The Labute approximate surface area is 107 Å². The molecule has 0 amide bonds. The van der Waals surface area contributed by atoms with Gasteiger partial charge in [-0.05, 0) is 42.5 Å². The first-order valence-corrected chi connectivity index (χ1v) is 7.06. The van der Waals surface area contributed by atoms with Gasteiger partial charge in [-0.1, -0.05) is 31.2 Å². The molecule has 2 nitrogen and oxygen atoms in total. The lowest BCUT2D eigenvalue weighted by atomic mass is 9.99. The molecule has 0 aromatic heterocycles. The number of phenols is 1. The highest BCUT2D eigenvalue weighted by Gasteiger charge is 2.04. The molecule has 1 N–H and O–H groups in total. The van der Waals surface area contributed by atoms with Gasteiger partial charge >= 0.3 is 0 Å². The Morgan fingerprint density at radius 1 is 1.29 bits per heavy atom. The molecule has 0 radical (unpaired) electrons. The van der Waals surface area contributed by atoms with E-state index in [1.807, 2.05) is 12.1 Å². The summed E-state index contributed by atoms with van der Waals surface area (Å²) in [6.45, 7) is 3.75. The summed E-state index contributed by atoms with van der Waals surface area (Å²) in [6, 6.07) is 5.61. The summed E-state index contributed by atoms with van der Waals surface area (Å²) in [5.41, 5.74) is 2.54. The van der Waals surface area contributed by atoms with Crippen LogP contribution < -0.4 is 0 Å². The minimum absolute atomic E-state index is 0.176. The van der Waals surface area contributed by atoms with Gasteiger partial charge < -0.3 is 5.11 Å².